The largest absolute Gasteiger partial charge is 0.488 e. The number of hydrogen-bond donors (Lipinski definition) is 1. The van der Waals surface area contributed by atoms with Gasteiger partial charge in [-0.25, -0.2) is 0 Å². The third-order valence-corrected chi connectivity index (χ3v) is 2.93. The molecule has 0 aromatic heterocycles. The zero-order chi connectivity index (χ0) is 12.0. The van der Waals surface area contributed by atoms with Crippen LogP contribution in [-0.4, -0.2) is 19.7 Å². The first-order valence-corrected chi connectivity index (χ1v) is 5.85. The molecule has 2 N–H and O–H groups in total. The smallest absolute Gasteiger partial charge is 0.137 e. The Hall–Kier alpha value is -0.990. The fraction of sp³-hybridized carbons (Fsp3) is 0.385. The van der Waals surface area contributed by atoms with Gasteiger partial charge in [-0.2, -0.15) is 0 Å². The van der Waals surface area contributed by atoms with Gasteiger partial charge in [0.1, 0.15) is 18.9 Å². The van der Waals surface area contributed by atoms with Crippen LogP contribution < -0.4 is 10.1 Å². The van der Waals surface area contributed by atoms with Crippen LogP contribution in [0.2, 0.25) is 5.02 Å². The summed E-state index contributed by atoms with van der Waals surface area (Å²) < 4.78 is 5.65. The summed E-state index contributed by atoms with van der Waals surface area (Å²) in [6, 6.07) is 3.95. The summed E-state index contributed by atoms with van der Waals surface area (Å²) in [5, 5.41) is 2.98. The Balaban J connectivity index is 2.45. The van der Waals surface area contributed by atoms with Crippen LogP contribution in [-0.2, 0) is 0 Å². The van der Waals surface area contributed by atoms with E-state index in [1.165, 1.54) is 0 Å². The normalized spacial score (nSPS) is 10.2. The molecule has 0 aliphatic rings. The van der Waals surface area contributed by atoms with Crippen LogP contribution >= 0.6 is 11.6 Å². The highest BCUT2D eigenvalue weighted by Gasteiger charge is 2.03. The van der Waals surface area contributed by atoms with Gasteiger partial charge in [-0.1, -0.05) is 18.2 Å². The zero-order valence-corrected chi connectivity index (χ0v) is 10.7. The summed E-state index contributed by atoms with van der Waals surface area (Å²) in [5.41, 5.74) is 2.12. The van der Waals surface area contributed by atoms with Crippen molar-refractivity contribution < 1.29 is 10.1 Å². The number of rotatable bonds is 6. The Labute approximate surface area is 102 Å². The van der Waals surface area contributed by atoms with Gasteiger partial charge in [-0.05, 0) is 43.2 Å². The molecule has 0 aliphatic carbocycles. The Bertz CT molecular complexity index is 340. The molecule has 2 nitrogen and oxygen atoms in total. The van der Waals surface area contributed by atoms with Crippen LogP contribution in [0.4, 0.5) is 0 Å². The van der Waals surface area contributed by atoms with Crippen molar-refractivity contribution in [3.05, 3.63) is 40.9 Å². The van der Waals surface area contributed by atoms with E-state index in [2.05, 4.69) is 11.9 Å². The van der Waals surface area contributed by atoms with Crippen molar-refractivity contribution >= 4 is 11.6 Å². The van der Waals surface area contributed by atoms with Crippen LogP contribution in [0, 0.1) is 13.8 Å². The average molecular weight is 241 g/mol. The van der Waals surface area contributed by atoms with E-state index in [9.17, 15) is 0 Å². The first-order valence-electron chi connectivity index (χ1n) is 5.47. The van der Waals surface area contributed by atoms with Gasteiger partial charge in [-0.15, -0.1) is 0 Å². The van der Waals surface area contributed by atoms with Crippen molar-refractivity contribution in [1.29, 1.82) is 0 Å². The van der Waals surface area contributed by atoms with Gasteiger partial charge >= 0.3 is 0 Å². The highest BCUT2D eigenvalue weighted by molar-refractivity contribution is 6.32. The maximum atomic E-state index is 6.08. The van der Waals surface area contributed by atoms with Crippen molar-refractivity contribution in [2.75, 3.05) is 19.7 Å². The van der Waals surface area contributed by atoms with E-state index in [-0.39, 0.29) is 0 Å². The van der Waals surface area contributed by atoms with Crippen LogP contribution in [0.1, 0.15) is 11.1 Å². The molecule has 0 aliphatic heterocycles. The molecular weight excluding hydrogens is 222 g/mol. The molecule has 16 heavy (non-hydrogen) atoms. The fourth-order valence-corrected chi connectivity index (χ4v) is 1.59. The lowest BCUT2D eigenvalue weighted by molar-refractivity contribution is -0.646. The number of halogens is 1. The van der Waals surface area contributed by atoms with Crippen molar-refractivity contribution in [3.63, 3.8) is 0 Å². The Morgan fingerprint density at radius 3 is 2.56 bits per heavy atom. The van der Waals surface area contributed by atoms with Gasteiger partial charge in [0.05, 0.1) is 6.54 Å². The van der Waals surface area contributed by atoms with E-state index < -0.39 is 0 Å². The number of ether oxygens (including phenoxy) is 1. The van der Waals surface area contributed by atoms with Crippen molar-refractivity contribution in [2.24, 2.45) is 0 Å². The molecule has 0 amide bonds. The second-order valence-corrected chi connectivity index (χ2v) is 4.20. The molecule has 0 saturated heterocycles. The molecule has 1 aromatic carbocycles. The molecule has 0 heterocycles. The predicted octanol–water partition coefficient (Wildman–Crippen LogP) is 2.09. The van der Waals surface area contributed by atoms with E-state index in [1.807, 2.05) is 32.1 Å². The summed E-state index contributed by atoms with van der Waals surface area (Å²) >= 11 is 6.08. The number of nitrogens with two attached hydrogens (primary N) is 1. The predicted molar refractivity (Wildman–Crippen MR) is 68.3 cm³/mol. The number of benzene rings is 1. The molecule has 0 fully saturated rings. The molecule has 0 unspecified atom stereocenters. The van der Waals surface area contributed by atoms with Crippen molar-refractivity contribution in [1.82, 2.24) is 0 Å². The molecule has 3 heteroatoms. The Kier molecular flexibility index (Phi) is 5.36. The summed E-state index contributed by atoms with van der Waals surface area (Å²) in [5.74, 6) is 0.895. The van der Waals surface area contributed by atoms with E-state index in [0.29, 0.717) is 6.61 Å². The molecule has 0 spiro atoms. The number of aryl methyl sites for hydroxylation is 2. The monoisotopic (exact) mass is 240 g/mol. The van der Waals surface area contributed by atoms with Crippen LogP contribution in [0.5, 0.6) is 5.75 Å². The van der Waals surface area contributed by atoms with E-state index in [4.69, 9.17) is 16.3 Å². The van der Waals surface area contributed by atoms with E-state index in [1.54, 1.807) is 0 Å². The topological polar surface area (TPSA) is 25.8 Å². The lowest BCUT2D eigenvalue weighted by atomic mass is 10.1. The maximum Gasteiger partial charge on any atom is 0.137 e. The average Bonchev–Trinajstić information content (AvgIpc) is 2.25. The first-order chi connectivity index (χ1) is 7.65. The van der Waals surface area contributed by atoms with Gasteiger partial charge in [0.2, 0.25) is 0 Å². The summed E-state index contributed by atoms with van der Waals surface area (Å²) in [6.07, 6.45) is 1.89. The fourth-order valence-electron chi connectivity index (χ4n) is 1.49. The first kappa shape index (κ1) is 13.1. The Morgan fingerprint density at radius 2 is 2.00 bits per heavy atom. The molecule has 0 radical (unpaired) electrons. The molecule has 1 rings (SSSR count). The lowest BCUT2D eigenvalue weighted by Gasteiger charge is -2.09. The van der Waals surface area contributed by atoms with Gasteiger partial charge < -0.3 is 10.1 Å². The van der Waals surface area contributed by atoms with Gasteiger partial charge in [-0.3, -0.25) is 0 Å². The quantitative estimate of drug-likeness (QED) is 0.598. The lowest BCUT2D eigenvalue weighted by Crippen LogP contribution is -2.85. The SMILES string of the molecule is C=CC[NH2+]CCOc1cc(C)c(Cl)c(C)c1. The second kappa shape index (κ2) is 6.56. The molecule has 88 valence electrons. The van der Waals surface area contributed by atoms with Crippen LogP contribution in [0.15, 0.2) is 24.8 Å². The molecule has 0 bridgehead atoms. The minimum Gasteiger partial charge on any atom is -0.488 e. The molecule has 0 saturated carbocycles. The molecule has 1 aromatic rings. The van der Waals surface area contributed by atoms with Gasteiger partial charge in [0.25, 0.3) is 0 Å². The molecule has 0 atom stereocenters. The minimum atomic E-state index is 0.703. The van der Waals surface area contributed by atoms with Crippen molar-refractivity contribution in [2.45, 2.75) is 13.8 Å². The van der Waals surface area contributed by atoms with Crippen LogP contribution in [0.25, 0.3) is 0 Å². The summed E-state index contributed by atoms with van der Waals surface area (Å²) in [4.78, 5) is 0. The second-order valence-electron chi connectivity index (χ2n) is 3.82. The summed E-state index contributed by atoms with van der Waals surface area (Å²) in [7, 11) is 0. The zero-order valence-electron chi connectivity index (χ0n) is 9.92. The van der Waals surface area contributed by atoms with Crippen molar-refractivity contribution in [3.8, 4) is 5.75 Å². The highest BCUT2D eigenvalue weighted by Crippen LogP contribution is 2.25. The summed E-state index contributed by atoms with van der Waals surface area (Å²) in [6.45, 7) is 10.2. The van der Waals surface area contributed by atoms with Crippen LogP contribution in [0.3, 0.4) is 0 Å². The van der Waals surface area contributed by atoms with E-state index >= 15 is 0 Å². The molecular formula is C13H19ClNO+. The van der Waals surface area contributed by atoms with Gasteiger partial charge in [0, 0.05) is 5.02 Å². The van der Waals surface area contributed by atoms with Gasteiger partial charge in [0.15, 0.2) is 0 Å². The maximum absolute atomic E-state index is 6.08. The standard InChI is InChI=1S/C13H18ClNO/c1-4-5-15-6-7-16-12-8-10(2)13(14)11(3)9-12/h4,8-9,15H,1,5-7H2,2-3H3/p+1. The highest BCUT2D eigenvalue weighted by atomic mass is 35.5. The third-order valence-electron chi connectivity index (χ3n) is 2.33. The minimum absolute atomic E-state index is 0.703. The van der Waals surface area contributed by atoms with E-state index in [0.717, 1.165) is 35.0 Å². The number of hydrogen-bond acceptors (Lipinski definition) is 1. The third kappa shape index (κ3) is 3.87. The Morgan fingerprint density at radius 1 is 1.38 bits per heavy atom. The number of quaternary nitrogens is 1.